The molecule has 84 valence electrons. The Bertz CT molecular complexity index is 283. The summed E-state index contributed by atoms with van der Waals surface area (Å²) in [5, 5.41) is 11.9. The quantitative estimate of drug-likeness (QED) is 0.596. The van der Waals surface area contributed by atoms with Crippen LogP contribution in [-0.2, 0) is 0 Å². The molecule has 1 aromatic rings. The lowest BCUT2D eigenvalue weighted by molar-refractivity contribution is 0.283. The predicted molar refractivity (Wildman–Crippen MR) is 68.8 cm³/mol. The van der Waals surface area contributed by atoms with E-state index in [1.54, 1.807) is 12.5 Å². The molecule has 0 saturated carbocycles. The Morgan fingerprint density at radius 2 is 2.07 bits per heavy atom. The fourth-order valence-electron chi connectivity index (χ4n) is 1.24. The molecule has 2 N–H and O–H groups in total. The summed E-state index contributed by atoms with van der Waals surface area (Å²) in [7, 11) is 0. The van der Waals surface area contributed by atoms with Crippen molar-refractivity contribution in [3.05, 3.63) is 16.1 Å². The van der Waals surface area contributed by atoms with E-state index in [0.29, 0.717) is 6.61 Å². The van der Waals surface area contributed by atoms with Gasteiger partial charge in [0.2, 0.25) is 0 Å². The number of anilines is 1. The third kappa shape index (κ3) is 5.27. The Kier molecular flexibility index (Phi) is 6.58. The van der Waals surface area contributed by atoms with Crippen LogP contribution in [0.3, 0.4) is 0 Å². The van der Waals surface area contributed by atoms with Crippen LogP contribution in [0.1, 0.15) is 25.7 Å². The first-order valence-corrected chi connectivity index (χ1v) is 6.22. The highest BCUT2D eigenvalue weighted by molar-refractivity contribution is 14.1. The fraction of sp³-hybridized carbons (Fsp3) is 0.600. The molecule has 0 fully saturated rings. The van der Waals surface area contributed by atoms with Gasteiger partial charge in [0.05, 0.1) is 3.57 Å². The molecule has 0 spiro atoms. The highest BCUT2D eigenvalue weighted by Gasteiger charge is 1.98. The van der Waals surface area contributed by atoms with Gasteiger partial charge >= 0.3 is 0 Å². The third-order valence-corrected chi connectivity index (χ3v) is 2.83. The Morgan fingerprint density at radius 3 is 2.80 bits per heavy atom. The highest BCUT2D eigenvalue weighted by Crippen LogP contribution is 2.12. The van der Waals surface area contributed by atoms with Crippen LogP contribution in [0.5, 0.6) is 0 Å². The first-order chi connectivity index (χ1) is 7.34. The first kappa shape index (κ1) is 12.6. The predicted octanol–water partition coefficient (Wildman–Crippen LogP) is 2.05. The van der Waals surface area contributed by atoms with E-state index in [2.05, 4.69) is 37.9 Å². The molecule has 1 rings (SSSR count). The topological polar surface area (TPSA) is 58.0 Å². The van der Waals surface area contributed by atoms with Gasteiger partial charge in [-0.15, -0.1) is 0 Å². The van der Waals surface area contributed by atoms with Gasteiger partial charge < -0.3 is 10.4 Å². The lowest BCUT2D eigenvalue weighted by Gasteiger charge is -2.06. The smallest absolute Gasteiger partial charge is 0.142 e. The monoisotopic (exact) mass is 321 g/mol. The summed E-state index contributed by atoms with van der Waals surface area (Å²) in [6.07, 6.45) is 7.61. The SMILES string of the molecule is OCCCCCCNc1ncncc1I. The van der Waals surface area contributed by atoms with Crippen LogP contribution in [-0.4, -0.2) is 28.2 Å². The summed E-state index contributed by atoms with van der Waals surface area (Å²) in [5.41, 5.74) is 0. The van der Waals surface area contributed by atoms with Gasteiger partial charge in [-0.25, -0.2) is 9.97 Å². The molecule has 5 heteroatoms. The van der Waals surface area contributed by atoms with Gasteiger partial charge in [-0.3, -0.25) is 0 Å². The standard InChI is InChI=1S/C10H16IN3O/c11-9-7-12-8-14-10(9)13-5-3-1-2-4-6-15/h7-8,15H,1-6H2,(H,12,13,14). The van der Waals surface area contributed by atoms with Crippen molar-refractivity contribution in [1.82, 2.24) is 9.97 Å². The summed E-state index contributed by atoms with van der Waals surface area (Å²) in [6.45, 7) is 1.23. The number of aromatic nitrogens is 2. The van der Waals surface area contributed by atoms with Crippen molar-refractivity contribution in [2.45, 2.75) is 25.7 Å². The summed E-state index contributed by atoms with van der Waals surface area (Å²) in [5.74, 6) is 0.910. The number of rotatable bonds is 7. The molecule has 1 heterocycles. The highest BCUT2D eigenvalue weighted by atomic mass is 127. The van der Waals surface area contributed by atoms with Crippen LogP contribution in [0, 0.1) is 3.57 Å². The first-order valence-electron chi connectivity index (χ1n) is 5.15. The van der Waals surface area contributed by atoms with Gasteiger partial charge in [0.1, 0.15) is 12.1 Å². The van der Waals surface area contributed by atoms with Crippen LogP contribution in [0.25, 0.3) is 0 Å². The maximum Gasteiger partial charge on any atom is 0.142 e. The Hall–Kier alpha value is -0.430. The van der Waals surface area contributed by atoms with Crippen molar-refractivity contribution in [3.8, 4) is 0 Å². The minimum Gasteiger partial charge on any atom is -0.396 e. The molecule has 15 heavy (non-hydrogen) atoms. The average Bonchev–Trinajstić information content (AvgIpc) is 2.25. The van der Waals surface area contributed by atoms with Crippen molar-refractivity contribution in [1.29, 1.82) is 0 Å². The van der Waals surface area contributed by atoms with Gasteiger partial charge in [0.15, 0.2) is 0 Å². The number of halogens is 1. The van der Waals surface area contributed by atoms with E-state index in [9.17, 15) is 0 Å². The number of unbranched alkanes of at least 4 members (excludes halogenated alkanes) is 3. The number of hydrogen-bond acceptors (Lipinski definition) is 4. The van der Waals surface area contributed by atoms with E-state index in [1.807, 2.05) is 0 Å². The van der Waals surface area contributed by atoms with E-state index in [1.165, 1.54) is 0 Å². The molecule has 0 aliphatic carbocycles. The Labute approximate surface area is 104 Å². The van der Waals surface area contributed by atoms with E-state index < -0.39 is 0 Å². The summed E-state index contributed by atoms with van der Waals surface area (Å²) in [6, 6.07) is 0. The molecule has 0 aromatic carbocycles. The second kappa shape index (κ2) is 7.81. The van der Waals surface area contributed by atoms with Crippen molar-refractivity contribution in [2.24, 2.45) is 0 Å². The van der Waals surface area contributed by atoms with Gasteiger partial charge in [-0.1, -0.05) is 12.8 Å². The largest absolute Gasteiger partial charge is 0.396 e. The van der Waals surface area contributed by atoms with Crippen molar-refractivity contribution >= 4 is 28.4 Å². The molecule has 0 aliphatic heterocycles. The molecular weight excluding hydrogens is 305 g/mol. The maximum atomic E-state index is 8.60. The number of nitrogens with zero attached hydrogens (tertiary/aromatic N) is 2. The van der Waals surface area contributed by atoms with E-state index in [-0.39, 0.29) is 0 Å². The van der Waals surface area contributed by atoms with Crippen LogP contribution >= 0.6 is 22.6 Å². The third-order valence-electron chi connectivity index (χ3n) is 2.04. The van der Waals surface area contributed by atoms with Crippen molar-refractivity contribution in [3.63, 3.8) is 0 Å². The van der Waals surface area contributed by atoms with Crippen LogP contribution in [0.15, 0.2) is 12.5 Å². The molecule has 0 radical (unpaired) electrons. The van der Waals surface area contributed by atoms with E-state index in [4.69, 9.17) is 5.11 Å². The van der Waals surface area contributed by atoms with E-state index in [0.717, 1.165) is 41.6 Å². The van der Waals surface area contributed by atoms with Crippen LogP contribution < -0.4 is 5.32 Å². The molecule has 0 saturated heterocycles. The van der Waals surface area contributed by atoms with Crippen LogP contribution in [0.4, 0.5) is 5.82 Å². The van der Waals surface area contributed by atoms with Crippen LogP contribution in [0.2, 0.25) is 0 Å². The lowest BCUT2D eigenvalue weighted by atomic mass is 10.2. The second-order valence-electron chi connectivity index (χ2n) is 3.28. The molecule has 4 nitrogen and oxygen atoms in total. The summed E-state index contributed by atoms with van der Waals surface area (Å²) in [4.78, 5) is 8.07. The van der Waals surface area contributed by atoms with Gasteiger partial charge in [0, 0.05) is 19.3 Å². The van der Waals surface area contributed by atoms with Gasteiger partial charge in [-0.05, 0) is 35.4 Å². The van der Waals surface area contributed by atoms with Crippen molar-refractivity contribution in [2.75, 3.05) is 18.5 Å². The fourth-order valence-corrected chi connectivity index (χ4v) is 1.73. The minimum atomic E-state index is 0.303. The zero-order chi connectivity index (χ0) is 10.9. The number of nitrogens with one attached hydrogen (secondary N) is 1. The second-order valence-corrected chi connectivity index (χ2v) is 4.45. The number of aliphatic hydroxyl groups excluding tert-OH is 1. The Balaban J connectivity index is 2.12. The average molecular weight is 321 g/mol. The zero-order valence-electron chi connectivity index (χ0n) is 8.62. The number of aliphatic hydroxyl groups is 1. The molecule has 1 aromatic heterocycles. The van der Waals surface area contributed by atoms with E-state index >= 15 is 0 Å². The number of hydrogen-bond donors (Lipinski definition) is 2. The zero-order valence-corrected chi connectivity index (χ0v) is 10.8. The molecule has 0 aliphatic rings. The van der Waals surface area contributed by atoms with Crippen molar-refractivity contribution < 1.29 is 5.11 Å². The molecule has 0 unspecified atom stereocenters. The Morgan fingerprint density at radius 1 is 1.27 bits per heavy atom. The molecule has 0 amide bonds. The molecule has 0 bridgehead atoms. The molecule has 0 atom stereocenters. The van der Waals surface area contributed by atoms with Gasteiger partial charge in [0.25, 0.3) is 0 Å². The molecular formula is C10H16IN3O. The summed E-state index contributed by atoms with van der Waals surface area (Å²) < 4.78 is 1.05. The minimum absolute atomic E-state index is 0.303. The van der Waals surface area contributed by atoms with Gasteiger partial charge in [-0.2, -0.15) is 0 Å². The normalized spacial score (nSPS) is 10.3. The summed E-state index contributed by atoms with van der Waals surface area (Å²) >= 11 is 2.21. The maximum absolute atomic E-state index is 8.60. The lowest BCUT2D eigenvalue weighted by Crippen LogP contribution is -2.05.